The van der Waals surface area contributed by atoms with E-state index >= 15 is 0 Å². The third-order valence-corrected chi connectivity index (χ3v) is 2.00. The number of aryl methyl sites for hydroxylation is 1. The molecule has 1 rings (SSSR count). The van der Waals surface area contributed by atoms with Gasteiger partial charge < -0.3 is 4.57 Å². The average molecular weight is 171 g/mol. The highest BCUT2D eigenvalue weighted by molar-refractivity contribution is 7.71. The van der Waals surface area contributed by atoms with Crippen LogP contribution in [0.25, 0.3) is 0 Å². The third kappa shape index (κ3) is 1.89. The minimum absolute atomic E-state index is 0.732. The summed E-state index contributed by atoms with van der Waals surface area (Å²) in [5.41, 5.74) is 0. The number of aromatic amines is 1. The Balaban J connectivity index is 2.75. The van der Waals surface area contributed by atoms with Crippen molar-refractivity contribution in [3.63, 3.8) is 0 Å². The molecule has 0 aliphatic rings. The fraction of sp³-hybridized carbons (Fsp3) is 0.714. The van der Waals surface area contributed by atoms with Gasteiger partial charge in [0.25, 0.3) is 0 Å². The van der Waals surface area contributed by atoms with Crippen molar-refractivity contribution in [2.24, 2.45) is 0 Å². The van der Waals surface area contributed by atoms with Gasteiger partial charge in [-0.2, -0.15) is 5.10 Å². The lowest BCUT2D eigenvalue weighted by molar-refractivity contribution is 0.610. The lowest BCUT2D eigenvalue weighted by atomic mass is 10.3. The van der Waals surface area contributed by atoms with Crippen LogP contribution in [0.4, 0.5) is 0 Å². The number of aromatic nitrogens is 3. The molecule has 11 heavy (non-hydrogen) atoms. The van der Waals surface area contributed by atoms with Gasteiger partial charge in [-0.25, -0.2) is 0 Å². The van der Waals surface area contributed by atoms with Crippen LogP contribution in [0.15, 0.2) is 0 Å². The van der Waals surface area contributed by atoms with Crippen molar-refractivity contribution in [3.8, 4) is 0 Å². The van der Waals surface area contributed by atoms with E-state index in [0.717, 1.165) is 23.6 Å². The van der Waals surface area contributed by atoms with Gasteiger partial charge >= 0.3 is 0 Å². The predicted molar refractivity (Wildman–Crippen MR) is 47.1 cm³/mol. The van der Waals surface area contributed by atoms with E-state index in [9.17, 15) is 0 Å². The Morgan fingerprint density at radius 1 is 1.64 bits per heavy atom. The fourth-order valence-corrected chi connectivity index (χ4v) is 1.25. The first-order valence-electron chi connectivity index (χ1n) is 3.87. The van der Waals surface area contributed by atoms with Gasteiger partial charge in [-0.05, 0) is 25.6 Å². The first kappa shape index (κ1) is 8.46. The number of unbranched alkanes of at least 4 members (excludes halogenated alkanes) is 1. The van der Waals surface area contributed by atoms with Gasteiger partial charge in [0.05, 0.1) is 0 Å². The monoisotopic (exact) mass is 171 g/mol. The summed E-state index contributed by atoms with van der Waals surface area (Å²) in [6, 6.07) is 0. The average Bonchev–Trinajstić information content (AvgIpc) is 2.29. The third-order valence-electron chi connectivity index (χ3n) is 1.68. The summed E-state index contributed by atoms with van der Waals surface area (Å²) < 4.78 is 2.76. The molecule has 62 valence electrons. The molecular weight excluding hydrogens is 158 g/mol. The molecule has 4 heteroatoms. The summed E-state index contributed by atoms with van der Waals surface area (Å²) in [6.07, 6.45) is 2.35. The molecule has 0 bridgehead atoms. The zero-order valence-corrected chi connectivity index (χ0v) is 7.74. The van der Waals surface area contributed by atoms with Crippen molar-refractivity contribution >= 4 is 12.2 Å². The number of nitrogens with one attached hydrogen (secondary N) is 1. The van der Waals surface area contributed by atoms with Crippen LogP contribution in [-0.2, 0) is 6.54 Å². The van der Waals surface area contributed by atoms with Crippen molar-refractivity contribution < 1.29 is 0 Å². The van der Waals surface area contributed by atoms with Crippen LogP contribution < -0.4 is 0 Å². The van der Waals surface area contributed by atoms with E-state index in [1.54, 1.807) is 0 Å². The van der Waals surface area contributed by atoms with E-state index in [2.05, 4.69) is 17.1 Å². The maximum atomic E-state index is 5.03. The second-order valence-electron chi connectivity index (χ2n) is 2.58. The second-order valence-corrected chi connectivity index (χ2v) is 2.97. The van der Waals surface area contributed by atoms with E-state index in [1.165, 1.54) is 6.42 Å². The van der Waals surface area contributed by atoms with Crippen LogP contribution in [-0.4, -0.2) is 14.8 Å². The summed E-state index contributed by atoms with van der Waals surface area (Å²) in [6.45, 7) is 5.11. The minimum Gasteiger partial charge on any atom is -0.304 e. The minimum atomic E-state index is 0.732. The zero-order chi connectivity index (χ0) is 8.27. The highest BCUT2D eigenvalue weighted by Crippen LogP contribution is 1.99. The molecule has 0 saturated carbocycles. The molecule has 0 unspecified atom stereocenters. The molecule has 1 heterocycles. The molecule has 0 aliphatic heterocycles. The highest BCUT2D eigenvalue weighted by Gasteiger charge is 1.97. The summed E-state index contributed by atoms with van der Waals surface area (Å²) in [5.74, 6) is 0.975. The first-order chi connectivity index (χ1) is 5.25. The molecule has 1 N–H and O–H groups in total. The largest absolute Gasteiger partial charge is 0.304 e. The van der Waals surface area contributed by atoms with E-state index in [-0.39, 0.29) is 0 Å². The Labute approximate surface area is 71.4 Å². The predicted octanol–water partition coefficient (Wildman–Crippen LogP) is 2.05. The van der Waals surface area contributed by atoms with Gasteiger partial charge in [0, 0.05) is 6.54 Å². The van der Waals surface area contributed by atoms with Crippen LogP contribution in [0.1, 0.15) is 25.6 Å². The lowest BCUT2D eigenvalue weighted by Crippen LogP contribution is -1.99. The van der Waals surface area contributed by atoms with E-state index in [0.29, 0.717) is 0 Å². The van der Waals surface area contributed by atoms with Crippen molar-refractivity contribution in [1.82, 2.24) is 14.8 Å². The molecule has 0 atom stereocenters. The molecule has 0 spiro atoms. The number of hydrogen-bond acceptors (Lipinski definition) is 2. The molecule has 0 aromatic carbocycles. The van der Waals surface area contributed by atoms with Crippen LogP contribution in [0.2, 0.25) is 0 Å². The van der Waals surface area contributed by atoms with Crippen molar-refractivity contribution in [1.29, 1.82) is 0 Å². The molecule has 0 saturated heterocycles. The fourth-order valence-electron chi connectivity index (χ4n) is 0.976. The Bertz CT molecular complexity index is 273. The maximum Gasteiger partial charge on any atom is 0.195 e. The normalized spacial score (nSPS) is 10.4. The quantitative estimate of drug-likeness (QED) is 0.706. The summed E-state index contributed by atoms with van der Waals surface area (Å²) in [4.78, 5) is 0. The van der Waals surface area contributed by atoms with Crippen LogP contribution >= 0.6 is 12.2 Å². The van der Waals surface area contributed by atoms with Crippen molar-refractivity contribution in [2.75, 3.05) is 0 Å². The molecule has 0 amide bonds. The molecule has 0 radical (unpaired) electrons. The second kappa shape index (κ2) is 3.67. The van der Waals surface area contributed by atoms with Gasteiger partial charge in [-0.3, -0.25) is 5.10 Å². The number of nitrogens with zero attached hydrogens (tertiary/aromatic N) is 2. The van der Waals surface area contributed by atoms with Crippen LogP contribution in [0.5, 0.6) is 0 Å². The van der Waals surface area contributed by atoms with Crippen LogP contribution in [0.3, 0.4) is 0 Å². The summed E-state index contributed by atoms with van der Waals surface area (Å²) >= 11 is 5.03. The van der Waals surface area contributed by atoms with Gasteiger partial charge in [-0.15, -0.1) is 0 Å². The van der Waals surface area contributed by atoms with Gasteiger partial charge in [-0.1, -0.05) is 13.3 Å². The smallest absolute Gasteiger partial charge is 0.195 e. The first-order valence-corrected chi connectivity index (χ1v) is 4.28. The molecule has 0 fully saturated rings. The Kier molecular flexibility index (Phi) is 2.82. The van der Waals surface area contributed by atoms with E-state index in [4.69, 9.17) is 12.2 Å². The maximum absolute atomic E-state index is 5.03. The van der Waals surface area contributed by atoms with Gasteiger partial charge in [0.2, 0.25) is 0 Å². The molecular formula is C7H13N3S. The SMILES string of the molecule is CCCCn1c(C)n[nH]c1=S. The van der Waals surface area contributed by atoms with Gasteiger partial charge in [0.1, 0.15) is 5.82 Å². The van der Waals surface area contributed by atoms with Crippen LogP contribution in [0, 0.1) is 11.7 Å². The Morgan fingerprint density at radius 2 is 2.36 bits per heavy atom. The Morgan fingerprint density at radius 3 is 2.82 bits per heavy atom. The molecule has 3 nitrogen and oxygen atoms in total. The van der Waals surface area contributed by atoms with E-state index < -0.39 is 0 Å². The number of H-pyrrole nitrogens is 1. The zero-order valence-electron chi connectivity index (χ0n) is 6.92. The van der Waals surface area contributed by atoms with Crippen molar-refractivity contribution in [2.45, 2.75) is 33.2 Å². The van der Waals surface area contributed by atoms with Crippen molar-refractivity contribution in [3.05, 3.63) is 10.6 Å². The topological polar surface area (TPSA) is 33.6 Å². The number of hydrogen-bond donors (Lipinski definition) is 1. The molecule has 1 aromatic rings. The highest BCUT2D eigenvalue weighted by atomic mass is 32.1. The van der Waals surface area contributed by atoms with Gasteiger partial charge in [0.15, 0.2) is 4.77 Å². The molecule has 1 aromatic heterocycles. The Hall–Kier alpha value is -0.640. The molecule has 0 aliphatic carbocycles. The standard InChI is InChI=1S/C7H13N3S/c1-3-4-5-10-6(2)8-9-7(10)11/h3-5H2,1-2H3,(H,9,11). The lowest BCUT2D eigenvalue weighted by Gasteiger charge is -2.00. The number of rotatable bonds is 3. The summed E-state index contributed by atoms with van der Waals surface area (Å²) in [5, 5.41) is 6.78. The summed E-state index contributed by atoms with van der Waals surface area (Å²) in [7, 11) is 0. The van der Waals surface area contributed by atoms with E-state index in [1.807, 2.05) is 11.5 Å².